The molecule has 0 unspecified atom stereocenters. The summed E-state index contributed by atoms with van der Waals surface area (Å²) in [5.41, 5.74) is 0. The summed E-state index contributed by atoms with van der Waals surface area (Å²) < 4.78 is 0. The Morgan fingerprint density at radius 3 is 0.750 bits per heavy atom. The molecule has 0 fully saturated rings. The number of hydrogen-bond acceptors (Lipinski definition) is 0. The van der Waals surface area contributed by atoms with Crippen LogP contribution in [0.3, 0.4) is 0 Å². The molecule has 0 bridgehead atoms. The first-order valence-electron chi connectivity index (χ1n) is 0. The summed E-state index contributed by atoms with van der Waals surface area (Å²) in [6, 6.07) is 0. The molecule has 4 heavy (non-hydrogen) atoms. The third kappa shape index (κ3) is 9.40. The van der Waals surface area contributed by atoms with E-state index in [0.29, 0.717) is 0 Å². The first-order chi connectivity index (χ1) is 0. The second-order valence-electron chi connectivity index (χ2n) is 0. The molecule has 0 aromatic heterocycles. The maximum absolute atomic E-state index is 0. The molecule has 0 heterocycles. The van der Waals surface area contributed by atoms with Gasteiger partial charge in [0, 0.05) is 0 Å². The van der Waals surface area contributed by atoms with Gasteiger partial charge in [-0.05, 0) is 0 Å². The molecule has 0 aromatic rings. The van der Waals surface area contributed by atoms with E-state index in [2.05, 4.69) is 0 Å². The minimum absolute atomic E-state index is 0. The Morgan fingerprint density at radius 2 is 0.750 bits per heavy atom. The van der Waals surface area contributed by atoms with Crippen LogP contribution >= 0.6 is 0 Å². The van der Waals surface area contributed by atoms with Crippen LogP contribution in [0.25, 0.3) is 0 Å². The van der Waals surface area contributed by atoms with Crippen molar-refractivity contribution >= 4 is 0 Å². The molecule has 0 aliphatic rings. The molecule has 4 heteroatoms. The average Bonchev–Trinajstić information content (AvgIpc) is 0. The van der Waals surface area contributed by atoms with E-state index in [1.54, 1.807) is 0 Å². The van der Waals surface area contributed by atoms with Crippen molar-refractivity contribution in [2.75, 3.05) is 0 Å². The molecule has 2 nitrogen and oxygen atoms in total. The quantitative estimate of drug-likeness (QED) is 0.532. The summed E-state index contributed by atoms with van der Waals surface area (Å²) in [6.07, 6.45) is 0. The molecule has 0 N–H and O–H groups in total. The molecule has 0 aromatic carbocycles. The van der Waals surface area contributed by atoms with Gasteiger partial charge in [0.1, 0.15) is 0 Å². The van der Waals surface area contributed by atoms with Crippen molar-refractivity contribution in [3.8, 4) is 0 Å². The van der Waals surface area contributed by atoms with Gasteiger partial charge >= 0.3 is 52.2 Å². The Morgan fingerprint density at radius 1 is 0.750 bits per heavy atom. The van der Waals surface area contributed by atoms with E-state index in [9.17, 15) is 0 Å². The van der Waals surface area contributed by atoms with Crippen LogP contribution < -0.4 is 0 Å². The monoisotopic (exact) mass is 368 g/mol. The minimum Gasteiger partial charge on any atom is -2.00 e. The van der Waals surface area contributed by atoms with Crippen molar-refractivity contribution in [1.29, 1.82) is 0 Å². The van der Waals surface area contributed by atoms with Crippen LogP contribution in [0.15, 0.2) is 0 Å². The summed E-state index contributed by atoms with van der Waals surface area (Å²) in [7, 11) is 0. The van der Waals surface area contributed by atoms with E-state index < -0.39 is 0 Å². The Balaban J connectivity index is 0. The molecule has 0 spiro atoms. The Kier molecular flexibility index (Phi) is 253. The van der Waals surface area contributed by atoms with E-state index >= 15 is 0 Å². The maximum Gasteiger partial charge on any atom is 6.00 e. The van der Waals surface area contributed by atoms with E-state index in [-0.39, 0.29) is 63.1 Å². The summed E-state index contributed by atoms with van der Waals surface area (Å²) in [5, 5.41) is 0. The topological polar surface area (TPSA) is 57.0 Å². The number of rotatable bonds is 0. The Bertz CT molecular complexity index is 6.00. The second-order valence-corrected chi connectivity index (χ2v) is 0. The molecule has 0 radical (unpaired) electrons. The average molecular weight is 366 g/mol. The van der Waals surface area contributed by atoms with Crippen molar-refractivity contribution in [2.24, 2.45) is 0 Å². The zero-order chi connectivity index (χ0) is 0. The molecule has 0 saturated carbocycles. The van der Waals surface area contributed by atoms with E-state index in [4.69, 9.17) is 0 Å². The van der Waals surface area contributed by atoms with Gasteiger partial charge in [-0.1, -0.05) is 0 Å². The van der Waals surface area contributed by atoms with Crippen LogP contribution in [0.5, 0.6) is 0 Å². The van der Waals surface area contributed by atoms with Gasteiger partial charge < -0.3 is 11.0 Å². The standard InChI is InChI=1S/Mo.2O.U/q+4;2*-2;+6. The zero-order valence-corrected chi connectivity index (χ0v) is 7.90. The fraction of sp³-hybridized carbons (Fsp3) is 0. The van der Waals surface area contributed by atoms with Gasteiger partial charge in [-0.3, -0.25) is 0 Å². The number of hydrogen-bond donors (Lipinski definition) is 0. The summed E-state index contributed by atoms with van der Waals surface area (Å²) in [6.45, 7) is 0. The van der Waals surface area contributed by atoms with Crippen molar-refractivity contribution in [3.05, 3.63) is 0 Å². The Labute approximate surface area is 62.6 Å². The van der Waals surface area contributed by atoms with Gasteiger partial charge in [0.15, 0.2) is 0 Å². The van der Waals surface area contributed by atoms with Gasteiger partial charge in [-0.2, -0.15) is 0 Å². The molecule has 0 aliphatic carbocycles. The molecular weight excluding hydrogens is 366 g/mol. The second kappa shape index (κ2) is 22.7. The van der Waals surface area contributed by atoms with Crippen LogP contribution in [-0.2, 0) is 32.0 Å². The summed E-state index contributed by atoms with van der Waals surface area (Å²) in [5.74, 6) is 0. The smallest absolute Gasteiger partial charge is 2.00 e. The minimum atomic E-state index is 0. The van der Waals surface area contributed by atoms with Gasteiger partial charge in [-0.15, -0.1) is 0 Å². The molecule has 0 aliphatic heterocycles. The third-order valence-electron chi connectivity index (χ3n) is 0. The predicted octanol–water partition coefficient (Wildman–Crippen LogP) is -0.240. The van der Waals surface area contributed by atoms with Crippen LogP contribution in [0.4, 0.5) is 0 Å². The van der Waals surface area contributed by atoms with Gasteiger partial charge in [0.25, 0.3) is 0 Å². The maximum atomic E-state index is 0. The molecule has 0 saturated heterocycles. The molecule has 0 rings (SSSR count). The van der Waals surface area contributed by atoms with E-state index in [1.165, 1.54) is 0 Å². The van der Waals surface area contributed by atoms with Crippen molar-refractivity contribution in [1.82, 2.24) is 0 Å². The fourth-order valence-electron chi connectivity index (χ4n) is 0. The molecular formula is MoO2U+6. The van der Waals surface area contributed by atoms with E-state index in [1.807, 2.05) is 0 Å². The largest absolute Gasteiger partial charge is 6.00 e. The van der Waals surface area contributed by atoms with Crippen molar-refractivity contribution in [3.63, 3.8) is 0 Å². The van der Waals surface area contributed by atoms with E-state index in [0.717, 1.165) is 0 Å². The van der Waals surface area contributed by atoms with Crippen LogP contribution in [0.2, 0.25) is 0 Å². The molecule has 0 amide bonds. The molecule has 16 valence electrons. The SMILES string of the molecule is [Mo+4].[O-2].[O-2].[U+6]. The fourth-order valence-corrected chi connectivity index (χ4v) is 0. The third-order valence-corrected chi connectivity index (χ3v) is 0. The zero-order valence-electron chi connectivity index (χ0n) is 1.72. The normalized spacial score (nSPS) is 0. The summed E-state index contributed by atoms with van der Waals surface area (Å²) >= 11 is 0. The molecule has 0 atom stereocenters. The van der Waals surface area contributed by atoms with Gasteiger partial charge in [0.05, 0.1) is 0 Å². The Hall–Kier alpha value is 1.66. The predicted molar refractivity (Wildman–Crippen MR) is 1.37 cm³/mol. The summed E-state index contributed by atoms with van der Waals surface area (Å²) in [4.78, 5) is 0. The van der Waals surface area contributed by atoms with Gasteiger partial charge in [0.2, 0.25) is 0 Å². The van der Waals surface area contributed by atoms with Crippen molar-refractivity contribution < 1.29 is 63.1 Å². The van der Waals surface area contributed by atoms with Crippen molar-refractivity contribution in [2.45, 2.75) is 0 Å². The van der Waals surface area contributed by atoms with Crippen LogP contribution in [0.1, 0.15) is 0 Å². The first kappa shape index (κ1) is 44.6. The van der Waals surface area contributed by atoms with Gasteiger partial charge in [-0.25, -0.2) is 0 Å². The first-order valence-corrected chi connectivity index (χ1v) is 0. The van der Waals surface area contributed by atoms with Crippen LogP contribution in [-0.4, -0.2) is 0 Å². The van der Waals surface area contributed by atoms with Crippen LogP contribution in [0, 0.1) is 31.1 Å².